The fourth-order valence-electron chi connectivity index (χ4n) is 3.94. The first-order valence-corrected chi connectivity index (χ1v) is 12.9. The molecule has 176 valence electrons. The molecule has 0 aliphatic carbocycles. The molecule has 33 heavy (non-hydrogen) atoms. The molecule has 0 spiro atoms. The highest BCUT2D eigenvalue weighted by Gasteiger charge is 2.28. The maximum atomic E-state index is 13.2. The molecular weight excluding hydrogens is 467 g/mol. The molecule has 1 aliphatic heterocycles. The molecule has 3 heterocycles. The Morgan fingerprint density at radius 1 is 1.15 bits per heavy atom. The molecule has 0 saturated carbocycles. The maximum Gasteiger partial charge on any atom is 0.259 e. The minimum absolute atomic E-state index is 0.0353. The molecule has 0 bridgehead atoms. The van der Waals surface area contributed by atoms with Crippen LogP contribution in [-0.2, 0) is 21.2 Å². The fraction of sp³-hybridized carbons (Fsp3) is 0.409. The Morgan fingerprint density at radius 3 is 2.61 bits per heavy atom. The van der Waals surface area contributed by atoms with E-state index in [1.54, 1.807) is 4.90 Å². The summed E-state index contributed by atoms with van der Waals surface area (Å²) in [5, 5.41) is 0.600. The Morgan fingerprint density at radius 2 is 1.88 bits per heavy atom. The minimum atomic E-state index is -3.75. The van der Waals surface area contributed by atoms with Crippen molar-refractivity contribution in [2.75, 3.05) is 26.2 Å². The molecule has 0 radical (unpaired) electrons. The first-order valence-electron chi connectivity index (χ1n) is 10.7. The average Bonchev–Trinajstić information content (AvgIpc) is 2.95. The minimum Gasteiger partial charge on any atom is -0.341 e. The van der Waals surface area contributed by atoms with Gasteiger partial charge in [0.1, 0.15) is 16.5 Å². The number of carbonyl (C=O) groups excluding carboxylic acids is 1. The highest BCUT2D eigenvalue weighted by molar-refractivity contribution is 7.89. The lowest BCUT2D eigenvalue weighted by Gasteiger charge is -2.22. The molecule has 0 unspecified atom stereocenters. The third-order valence-corrected chi connectivity index (χ3v) is 8.94. The van der Waals surface area contributed by atoms with Crippen molar-refractivity contribution in [1.82, 2.24) is 19.2 Å². The number of amides is 1. The molecule has 4 rings (SSSR count). The number of rotatable bonds is 5. The zero-order chi connectivity index (χ0) is 23.8. The Kier molecular flexibility index (Phi) is 6.64. The van der Waals surface area contributed by atoms with Crippen LogP contribution in [0.4, 0.5) is 4.39 Å². The number of aromatic nitrogens is 2. The Balaban J connectivity index is 1.39. The van der Waals surface area contributed by atoms with E-state index >= 15 is 0 Å². The van der Waals surface area contributed by atoms with Crippen LogP contribution in [0, 0.1) is 19.7 Å². The van der Waals surface area contributed by atoms with Gasteiger partial charge in [0.25, 0.3) is 5.56 Å². The number of aromatic amines is 1. The fourth-order valence-corrected chi connectivity index (χ4v) is 6.46. The van der Waals surface area contributed by atoms with E-state index in [2.05, 4.69) is 9.97 Å². The first kappa shape index (κ1) is 23.5. The molecular formula is C22H25FN4O4S2. The van der Waals surface area contributed by atoms with Gasteiger partial charge in [-0.2, -0.15) is 4.31 Å². The number of H-pyrrole nitrogens is 1. The van der Waals surface area contributed by atoms with Gasteiger partial charge in [-0.3, -0.25) is 9.59 Å². The number of aryl methyl sites for hydroxylation is 3. The number of nitrogens with zero attached hydrogens (tertiary/aromatic N) is 3. The molecule has 8 nitrogen and oxygen atoms in total. The van der Waals surface area contributed by atoms with Crippen LogP contribution in [0.25, 0.3) is 10.2 Å². The summed E-state index contributed by atoms with van der Waals surface area (Å²) in [5.41, 5.74) is 0.733. The number of benzene rings is 1. The second kappa shape index (κ2) is 9.32. The van der Waals surface area contributed by atoms with Crippen LogP contribution in [0.1, 0.15) is 29.1 Å². The molecule has 0 atom stereocenters. The average molecular weight is 493 g/mol. The second-order valence-corrected chi connectivity index (χ2v) is 11.2. The molecule has 11 heteroatoms. The van der Waals surface area contributed by atoms with Crippen LogP contribution >= 0.6 is 11.3 Å². The van der Waals surface area contributed by atoms with Crippen molar-refractivity contribution < 1.29 is 17.6 Å². The number of thiophene rings is 1. The number of fused-ring (bicyclic) bond motifs is 1. The number of nitrogens with one attached hydrogen (secondary N) is 1. The van der Waals surface area contributed by atoms with Gasteiger partial charge in [0.15, 0.2) is 0 Å². The van der Waals surface area contributed by atoms with Gasteiger partial charge in [0.05, 0.1) is 10.3 Å². The smallest absolute Gasteiger partial charge is 0.259 e. The van der Waals surface area contributed by atoms with Crippen LogP contribution in [0.2, 0.25) is 0 Å². The maximum absolute atomic E-state index is 13.2. The van der Waals surface area contributed by atoms with Crippen molar-refractivity contribution in [3.05, 3.63) is 56.7 Å². The van der Waals surface area contributed by atoms with E-state index in [-0.39, 0.29) is 42.4 Å². The zero-order valence-corrected chi connectivity index (χ0v) is 20.1. The SMILES string of the molecule is Cc1sc2nc(CCC(=O)N3CCCN(S(=O)(=O)c4ccc(F)cc4)CC3)[nH]c(=O)c2c1C. The molecule has 1 N–H and O–H groups in total. The van der Waals surface area contributed by atoms with E-state index in [1.165, 1.54) is 27.8 Å². The van der Waals surface area contributed by atoms with Gasteiger partial charge in [-0.25, -0.2) is 17.8 Å². The first-order chi connectivity index (χ1) is 15.7. The lowest BCUT2D eigenvalue weighted by atomic mass is 10.2. The Hall–Kier alpha value is -2.63. The highest BCUT2D eigenvalue weighted by atomic mass is 32.2. The zero-order valence-electron chi connectivity index (χ0n) is 18.4. The molecule has 2 aromatic heterocycles. The van der Waals surface area contributed by atoms with E-state index in [9.17, 15) is 22.4 Å². The lowest BCUT2D eigenvalue weighted by Crippen LogP contribution is -2.37. The van der Waals surface area contributed by atoms with Crippen LogP contribution in [0.15, 0.2) is 34.0 Å². The highest BCUT2D eigenvalue weighted by Crippen LogP contribution is 2.26. The molecule has 3 aromatic rings. The van der Waals surface area contributed by atoms with Crippen molar-refractivity contribution in [2.45, 2.75) is 38.0 Å². The van der Waals surface area contributed by atoms with Crippen LogP contribution in [0.3, 0.4) is 0 Å². The van der Waals surface area contributed by atoms with E-state index in [4.69, 9.17) is 0 Å². The van der Waals surface area contributed by atoms with Gasteiger partial charge in [0.2, 0.25) is 15.9 Å². The summed E-state index contributed by atoms with van der Waals surface area (Å²) < 4.78 is 40.2. The summed E-state index contributed by atoms with van der Waals surface area (Å²) in [4.78, 5) is 35.9. The van der Waals surface area contributed by atoms with E-state index < -0.39 is 15.8 Å². The summed E-state index contributed by atoms with van der Waals surface area (Å²) in [5.74, 6) is -0.143. The summed E-state index contributed by atoms with van der Waals surface area (Å²) in [7, 11) is -3.75. The monoisotopic (exact) mass is 492 g/mol. The van der Waals surface area contributed by atoms with Gasteiger partial charge < -0.3 is 9.88 Å². The number of sulfonamides is 1. The summed E-state index contributed by atoms with van der Waals surface area (Å²) in [6.45, 7) is 5.01. The topological polar surface area (TPSA) is 103 Å². The number of carbonyl (C=O) groups is 1. The van der Waals surface area contributed by atoms with Gasteiger partial charge in [-0.05, 0) is 50.1 Å². The predicted octanol–water partition coefficient (Wildman–Crippen LogP) is 2.60. The van der Waals surface area contributed by atoms with Crippen molar-refractivity contribution in [2.24, 2.45) is 0 Å². The molecule has 1 fully saturated rings. The lowest BCUT2D eigenvalue weighted by molar-refractivity contribution is -0.131. The largest absolute Gasteiger partial charge is 0.341 e. The van der Waals surface area contributed by atoms with Gasteiger partial charge in [-0.1, -0.05) is 0 Å². The van der Waals surface area contributed by atoms with Gasteiger partial charge in [0, 0.05) is 43.9 Å². The van der Waals surface area contributed by atoms with E-state index in [0.29, 0.717) is 35.4 Å². The van der Waals surface area contributed by atoms with Crippen LogP contribution in [-0.4, -0.2) is 59.7 Å². The standard InChI is InChI=1S/C22H25FN4O4S2/c1-14-15(2)32-22-20(14)21(29)24-18(25-22)8-9-19(28)26-10-3-11-27(13-12-26)33(30,31)17-6-4-16(23)5-7-17/h4-7H,3,8-13H2,1-2H3,(H,24,25,29). The van der Waals surface area contributed by atoms with E-state index in [0.717, 1.165) is 22.6 Å². The summed E-state index contributed by atoms with van der Waals surface area (Å²) in [6, 6.07) is 4.74. The Bertz CT molecular complexity index is 1350. The quantitative estimate of drug-likeness (QED) is 0.590. The van der Waals surface area contributed by atoms with Crippen molar-refractivity contribution in [3.63, 3.8) is 0 Å². The molecule has 1 amide bonds. The molecule has 1 aromatic carbocycles. The van der Waals surface area contributed by atoms with E-state index in [1.807, 2.05) is 13.8 Å². The summed E-state index contributed by atoms with van der Waals surface area (Å²) in [6.07, 6.45) is 0.970. The van der Waals surface area contributed by atoms with Crippen LogP contribution < -0.4 is 5.56 Å². The van der Waals surface area contributed by atoms with Gasteiger partial charge >= 0.3 is 0 Å². The Labute approximate surface area is 195 Å². The number of halogens is 1. The third-order valence-electron chi connectivity index (χ3n) is 5.92. The normalized spacial score (nSPS) is 15.7. The molecule has 1 aliphatic rings. The number of hydrogen-bond donors (Lipinski definition) is 1. The van der Waals surface area contributed by atoms with Crippen molar-refractivity contribution in [3.8, 4) is 0 Å². The summed E-state index contributed by atoms with van der Waals surface area (Å²) >= 11 is 1.46. The third kappa shape index (κ3) is 4.85. The predicted molar refractivity (Wildman–Crippen MR) is 124 cm³/mol. The van der Waals surface area contributed by atoms with Crippen LogP contribution in [0.5, 0.6) is 0 Å². The number of hydrogen-bond acceptors (Lipinski definition) is 6. The van der Waals surface area contributed by atoms with Crippen molar-refractivity contribution in [1.29, 1.82) is 0 Å². The van der Waals surface area contributed by atoms with Gasteiger partial charge in [-0.15, -0.1) is 11.3 Å². The molecule has 1 saturated heterocycles. The van der Waals surface area contributed by atoms with Crippen molar-refractivity contribution >= 4 is 37.5 Å². The second-order valence-electron chi connectivity index (χ2n) is 8.07.